The van der Waals surface area contributed by atoms with Gasteiger partial charge >= 0.3 is 12.2 Å². The van der Waals surface area contributed by atoms with E-state index in [-0.39, 0.29) is 31.1 Å². The third-order valence-electron chi connectivity index (χ3n) is 3.83. The van der Waals surface area contributed by atoms with Gasteiger partial charge in [0.1, 0.15) is 11.2 Å². The van der Waals surface area contributed by atoms with Crippen LogP contribution in [0.1, 0.15) is 53.5 Å². The molecule has 0 bridgehead atoms. The maximum atomic E-state index is 12.5. The number of nitrogens with zero attached hydrogens (tertiary/aromatic N) is 1. The van der Waals surface area contributed by atoms with E-state index in [1.807, 2.05) is 6.92 Å². The van der Waals surface area contributed by atoms with Gasteiger partial charge in [-0.25, -0.2) is 9.59 Å². The van der Waals surface area contributed by atoms with E-state index in [2.05, 4.69) is 5.32 Å². The van der Waals surface area contributed by atoms with E-state index in [9.17, 15) is 18.0 Å². The van der Waals surface area contributed by atoms with Gasteiger partial charge in [0.2, 0.25) is 0 Å². The molecule has 0 fully saturated rings. The molecule has 32 heavy (non-hydrogen) atoms. The molecule has 0 aromatic heterocycles. The molecule has 0 aliphatic carbocycles. The average Bonchev–Trinajstić information content (AvgIpc) is 2.61. The molecule has 1 aromatic rings. The highest BCUT2D eigenvalue weighted by Crippen LogP contribution is 2.14. The fourth-order valence-corrected chi connectivity index (χ4v) is 3.33. The zero-order valence-electron chi connectivity index (χ0n) is 20.1. The van der Waals surface area contributed by atoms with Gasteiger partial charge in [0.05, 0.1) is 11.5 Å². The summed E-state index contributed by atoms with van der Waals surface area (Å²) >= 11 is 0. The van der Waals surface area contributed by atoms with Crippen molar-refractivity contribution in [2.75, 3.05) is 26.2 Å². The summed E-state index contributed by atoms with van der Waals surface area (Å²) in [6.45, 7) is 12.7. The van der Waals surface area contributed by atoms with Crippen LogP contribution in [0.5, 0.6) is 0 Å². The van der Waals surface area contributed by atoms with Crippen LogP contribution in [0.2, 0.25) is 0 Å². The van der Waals surface area contributed by atoms with Crippen LogP contribution < -0.4 is 5.32 Å². The van der Waals surface area contributed by atoms with Gasteiger partial charge in [0.15, 0.2) is 0 Å². The Hall–Kier alpha value is -2.33. The normalized spacial score (nSPS) is 12.2. The minimum atomic E-state index is -3.94. The molecule has 1 aromatic carbocycles. The Morgan fingerprint density at radius 1 is 0.938 bits per heavy atom. The molecule has 0 saturated carbocycles. The lowest BCUT2D eigenvalue weighted by Crippen LogP contribution is -2.40. The fourth-order valence-electron chi connectivity index (χ4n) is 2.43. The zero-order valence-corrected chi connectivity index (χ0v) is 20.9. The molecule has 0 unspecified atom stereocenters. The van der Waals surface area contributed by atoms with E-state index >= 15 is 0 Å². The third kappa shape index (κ3) is 11.3. The smallest absolute Gasteiger partial charge is 0.410 e. The number of rotatable bonds is 9. The van der Waals surface area contributed by atoms with E-state index in [4.69, 9.17) is 13.7 Å². The molecule has 182 valence electrons. The fraction of sp³-hybridized carbons (Fsp3) is 0.636. The molecule has 9 nitrogen and oxygen atoms in total. The summed E-state index contributed by atoms with van der Waals surface area (Å²) in [4.78, 5) is 25.7. The summed E-state index contributed by atoms with van der Waals surface area (Å²) in [6.07, 6.45) is -0.719. The van der Waals surface area contributed by atoms with Gasteiger partial charge in [-0.2, -0.15) is 8.42 Å². The number of nitrogens with one attached hydrogen (secondary N) is 1. The molecule has 0 radical (unpaired) electrons. The van der Waals surface area contributed by atoms with E-state index in [0.29, 0.717) is 6.42 Å². The predicted octanol–water partition coefficient (Wildman–Crippen LogP) is 3.85. The largest absolute Gasteiger partial charge is 0.444 e. The van der Waals surface area contributed by atoms with Crippen molar-refractivity contribution < 1.29 is 31.7 Å². The molecule has 0 aliphatic rings. The average molecular weight is 473 g/mol. The van der Waals surface area contributed by atoms with Gasteiger partial charge in [-0.1, -0.05) is 17.7 Å². The second-order valence-corrected chi connectivity index (χ2v) is 11.0. The third-order valence-corrected chi connectivity index (χ3v) is 5.16. The van der Waals surface area contributed by atoms with E-state index in [0.717, 1.165) is 5.56 Å². The molecule has 0 heterocycles. The number of amides is 2. The molecule has 2 amide bonds. The Morgan fingerprint density at radius 3 is 2.03 bits per heavy atom. The van der Waals surface area contributed by atoms with Gasteiger partial charge in [0.25, 0.3) is 10.1 Å². The van der Waals surface area contributed by atoms with Crippen molar-refractivity contribution in [1.29, 1.82) is 0 Å². The number of ether oxygens (including phenoxy) is 2. The van der Waals surface area contributed by atoms with Crippen molar-refractivity contribution in [3.8, 4) is 0 Å². The SMILES string of the molecule is Cc1ccc(S(=O)(=O)OCCN(CCCNC(=O)OC(C)(C)C)C(=O)OC(C)(C)C)cc1. The maximum absolute atomic E-state index is 12.5. The first-order valence-corrected chi connectivity index (χ1v) is 11.9. The predicted molar refractivity (Wildman–Crippen MR) is 121 cm³/mol. The first kappa shape index (κ1) is 27.7. The topological polar surface area (TPSA) is 111 Å². The summed E-state index contributed by atoms with van der Waals surface area (Å²) in [6, 6.07) is 6.30. The number of aryl methyl sites for hydroxylation is 1. The van der Waals surface area contributed by atoms with Crippen molar-refractivity contribution in [3.05, 3.63) is 29.8 Å². The molecular formula is C22H36N2O7S. The van der Waals surface area contributed by atoms with Gasteiger partial charge in [-0.05, 0) is 67.0 Å². The van der Waals surface area contributed by atoms with Crippen molar-refractivity contribution >= 4 is 22.3 Å². The maximum Gasteiger partial charge on any atom is 0.410 e. The summed E-state index contributed by atoms with van der Waals surface area (Å²) in [5.41, 5.74) is -0.383. The Kier molecular flexibility index (Phi) is 9.96. The minimum absolute atomic E-state index is 0.00639. The molecule has 10 heteroatoms. The van der Waals surface area contributed by atoms with Crippen LogP contribution in [0.4, 0.5) is 9.59 Å². The summed E-state index contributed by atoms with van der Waals surface area (Å²) in [7, 11) is -3.94. The van der Waals surface area contributed by atoms with Gasteiger partial charge in [0, 0.05) is 19.6 Å². The summed E-state index contributed by atoms with van der Waals surface area (Å²) in [5.74, 6) is 0. The molecule has 0 saturated heterocycles. The molecule has 0 aliphatic heterocycles. The Morgan fingerprint density at radius 2 is 1.50 bits per heavy atom. The van der Waals surface area contributed by atoms with Gasteiger partial charge in [-0.15, -0.1) is 0 Å². The molecule has 0 spiro atoms. The van der Waals surface area contributed by atoms with E-state index in [1.54, 1.807) is 53.7 Å². The lowest BCUT2D eigenvalue weighted by atomic mass is 10.2. The lowest BCUT2D eigenvalue weighted by molar-refractivity contribution is 0.0225. The van der Waals surface area contributed by atoms with Crippen molar-refractivity contribution in [1.82, 2.24) is 10.2 Å². The Labute approximate surface area is 191 Å². The number of carbonyl (C=O) groups excluding carboxylic acids is 2. The van der Waals surface area contributed by atoms with Crippen molar-refractivity contribution in [3.63, 3.8) is 0 Å². The van der Waals surface area contributed by atoms with Crippen LogP contribution in [-0.2, 0) is 23.8 Å². The first-order valence-electron chi connectivity index (χ1n) is 10.5. The summed E-state index contributed by atoms with van der Waals surface area (Å²) in [5, 5.41) is 2.62. The second-order valence-electron chi connectivity index (χ2n) is 9.34. The monoisotopic (exact) mass is 472 g/mol. The van der Waals surface area contributed by atoms with Crippen LogP contribution in [0.25, 0.3) is 0 Å². The number of hydrogen-bond donors (Lipinski definition) is 1. The molecule has 1 N–H and O–H groups in total. The highest BCUT2D eigenvalue weighted by atomic mass is 32.2. The number of carbonyl (C=O) groups is 2. The minimum Gasteiger partial charge on any atom is -0.444 e. The first-order chi connectivity index (χ1) is 14.6. The van der Waals surface area contributed by atoms with Gasteiger partial charge < -0.3 is 19.7 Å². The molecule has 0 atom stereocenters. The Bertz CT molecular complexity index is 854. The van der Waals surface area contributed by atoms with Crippen molar-refractivity contribution in [2.45, 2.75) is 71.0 Å². The summed E-state index contributed by atoms with van der Waals surface area (Å²) < 4.78 is 40.4. The van der Waals surface area contributed by atoms with Gasteiger partial charge in [-0.3, -0.25) is 4.18 Å². The number of hydrogen-bond acceptors (Lipinski definition) is 7. The lowest BCUT2D eigenvalue weighted by Gasteiger charge is -2.27. The highest BCUT2D eigenvalue weighted by Gasteiger charge is 2.23. The number of benzene rings is 1. The zero-order chi connectivity index (χ0) is 24.6. The van der Waals surface area contributed by atoms with Crippen LogP contribution in [0.15, 0.2) is 29.2 Å². The molecule has 1 rings (SSSR count). The van der Waals surface area contributed by atoms with Crippen LogP contribution in [0, 0.1) is 6.92 Å². The number of alkyl carbamates (subject to hydrolysis) is 1. The molecular weight excluding hydrogens is 436 g/mol. The van der Waals surface area contributed by atoms with E-state index < -0.39 is 33.5 Å². The van der Waals surface area contributed by atoms with E-state index in [1.165, 1.54) is 17.0 Å². The second kappa shape index (κ2) is 11.5. The van der Waals surface area contributed by atoms with Crippen LogP contribution in [0.3, 0.4) is 0 Å². The van der Waals surface area contributed by atoms with Crippen molar-refractivity contribution in [2.24, 2.45) is 0 Å². The Balaban J connectivity index is 2.65. The van der Waals surface area contributed by atoms with Crippen LogP contribution in [-0.4, -0.2) is 62.9 Å². The highest BCUT2D eigenvalue weighted by molar-refractivity contribution is 7.86. The quantitative estimate of drug-likeness (QED) is 0.429. The standard InChI is InChI=1S/C22H36N2O7S/c1-17-9-11-18(12-10-17)32(27,28)29-16-15-24(20(26)31-22(5,6)7)14-8-13-23-19(25)30-21(2,3)4/h9-12H,8,13-16H2,1-7H3,(H,23,25). The van der Waals surface area contributed by atoms with Crippen LogP contribution >= 0.6 is 0 Å².